The maximum Gasteiger partial charge on any atom is 0.257 e. The molecule has 1 heterocycles. The van der Waals surface area contributed by atoms with Gasteiger partial charge >= 0.3 is 0 Å². The number of carbonyl (C=O) groups excluding carboxylic acids is 1. The summed E-state index contributed by atoms with van der Waals surface area (Å²) in [5, 5.41) is 3.39. The summed E-state index contributed by atoms with van der Waals surface area (Å²) in [5.74, 6) is -0.128. The number of hydrogen-bond donors (Lipinski definition) is 2. The van der Waals surface area contributed by atoms with Crippen molar-refractivity contribution in [2.24, 2.45) is 0 Å². The summed E-state index contributed by atoms with van der Waals surface area (Å²) in [6.07, 6.45) is 0. The van der Waals surface area contributed by atoms with Crippen LogP contribution in [-0.4, -0.2) is 49.1 Å². The van der Waals surface area contributed by atoms with E-state index < -0.39 is 0 Å². The second-order valence-corrected chi connectivity index (χ2v) is 7.42. The molecule has 1 fully saturated rings. The molecule has 2 N–H and O–H groups in total. The van der Waals surface area contributed by atoms with Crippen molar-refractivity contribution in [1.82, 2.24) is 10.2 Å². The van der Waals surface area contributed by atoms with Crippen LogP contribution in [0.2, 0.25) is 0 Å². The number of nitrogens with zero attached hydrogens (tertiary/aromatic N) is 1. The molecule has 2 rings (SSSR count). The Balaban J connectivity index is 1.96. The van der Waals surface area contributed by atoms with Gasteiger partial charge in [0.15, 0.2) is 5.11 Å². The number of rotatable bonds is 1. The summed E-state index contributed by atoms with van der Waals surface area (Å²) < 4.78 is 0. The number of benzene rings is 1. The van der Waals surface area contributed by atoms with Crippen LogP contribution in [-0.2, 0) is 5.41 Å². The van der Waals surface area contributed by atoms with Gasteiger partial charge in [0, 0.05) is 5.56 Å². The van der Waals surface area contributed by atoms with Crippen LogP contribution in [0.1, 0.15) is 36.7 Å². The monoisotopic (exact) mass is 320 g/mol. The van der Waals surface area contributed by atoms with E-state index in [2.05, 4.69) is 38.0 Å². The summed E-state index contributed by atoms with van der Waals surface area (Å²) >= 11 is 5.36. The summed E-state index contributed by atoms with van der Waals surface area (Å²) in [6.45, 7) is 10.4. The number of hydrogen-bond acceptors (Lipinski definition) is 2. The van der Waals surface area contributed by atoms with E-state index in [1.54, 1.807) is 0 Å². The average Bonchev–Trinajstić information content (AvgIpc) is 2.47. The lowest BCUT2D eigenvalue weighted by Crippen LogP contribution is -3.12. The fourth-order valence-corrected chi connectivity index (χ4v) is 2.74. The van der Waals surface area contributed by atoms with E-state index in [0.717, 1.165) is 26.2 Å². The minimum Gasteiger partial charge on any atom is -0.338 e. The summed E-state index contributed by atoms with van der Waals surface area (Å²) in [7, 11) is 2.18. The average molecular weight is 320 g/mol. The Morgan fingerprint density at radius 3 is 2.23 bits per heavy atom. The second-order valence-electron chi connectivity index (χ2n) is 7.03. The quantitative estimate of drug-likeness (QED) is 0.753. The molecule has 1 aromatic carbocycles. The van der Waals surface area contributed by atoms with Gasteiger partial charge in [0.25, 0.3) is 5.91 Å². The first-order valence-electron chi connectivity index (χ1n) is 7.79. The maximum absolute atomic E-state index is 12.3. The van der Waals surface area contributed by atoms with E-state index in [1.165, 1.54) is 10.5 Å². The molecule has 1 amide bonds. The minimum absolute atomic E-state index is 0.0898. The lowest BCUT2D eigenvalue weighted by atomic mass is 9.87. The first kappa shape index (κ1) is 16.9. The van der Waals surface area contributed by atoms with Crippen molar-refractivity contribution in [3.05, 3.63) is 35.4 Å². The first-order chi connectivity index (χ1) is 10.3. The highest BCUT2D eigenvalue weighted by Crippen LogP contribution is 2.22. The molecule has 0 bridgehead atoms. The summed E-state index contributed by atoms with van der Waals surface area (Å²) in [6, 6.07) is 7.76. The van der Waals surface area contributed by atoms with Gasteiger partial charge in [0.1, 0.15) is 0 Å². The van der Waals surface area contributed by atoms with Crippen LogP contribution in [0.15, 0.2) is 24.3 Å². The third-order valence-electron chi connectivity index (χ3n) is 4.14. The highest BCUT2D eigenvalue weighted by Gasteiger charge is 2.20. The molecule has 0 atom stereocenters. The smallest absolute Gasteiger partial charge is 0.257 e. The third kappa shape index (κ3) is 4.27. The Hall–Kier alpha value is -1.46. The topological polar surface area (TPSA) is 36.8 Å². The van der Waals surface area contributed by atoms with Gasteiger partial charge in [-0.25, -0.2) is 0 Å². The molecule has 1 aromatic rings. The van der Waals surface area contributed by atoms with Gasteiger partial charge in [0.2, 0.25) is 0 Å². The number of thiocarbonyl (C=S) groups is 1. The summed E-state index contributed by atoms with van der Waals surface area (Å²) in [5.41, 5.74) is 1.95. The van der Waals surface area contributed by atoms with E-state index in [4.69, 9.17) is 12.2 Å². The zero-order valence-corrected chi connectivity index (χ0v) is 14.7. The Morgan fingerprint density at radius 1 is 1.18 bits per heavy atom. The molecule has 0 aromatic heterocycles. The molecule has 0 aliphatic carbocycles. The molecule has 5 heteroatoms. The van der Waals surface area contributed by atoms with E-state index >= 15 is 0 Å². The second kappa shape index (κ2) is 6.75. The standard InChI is InChI=1S/C17H25N3OS/c1-17(2,3)14-7-5-13(6-8-14)15(21)18-16(22)20-11-9-19(4)10-12-20/h5-8H,9-12H2,1-4H3,(H,18,21,22)/p+1. The molecular weight excluding hydrogens is 294 g/mol. The van der Waals surface area contributed by atoms with Crippen LogP contribution in [0.25, 0.3) is 0 Å². The molecule has 0 radical (unpaired) electrons. The summed E-state index contributed by atoms with van der Waals surface area (Å²) in [4.78, 5) is 15.9. The molecule has 1 aliphatic heterocycles. The van der Waals surface area contributed by atoms with Gasteiger partial charge in [0.05, 0.1) is 33.2 Å². The van der Waals surface area contributed by atoms with E-state index in [0.29, 0.717) is 10.7 Å². The van der Waals surface area contributed by atoms with Crippen LogP contribution >= 0.6 is 12.2 Å². The van der Waals surface area contributed by atoms with Gasteiger partial charge in [-0.3, -0.25) is 10.1 Å². The predicted molar refractivity (Wildman–Crippen MR) is 93.4 cm³/mol. The molecule has 0 saturated carbocycles. The van der Waals surface area contributed by atoms with Crippen molar-refractivity contribution in [2.75, 3.05) is 33.2 Å². The normalized spacial score (nSPS) is 16.5. The fraction of sp³-hybridized carbons (Fsp3) is 0.529. The van der Waals surface area contributed by atoms with Crippen molar-refractivity contribution in [1.29, 1.82) is 0 Å². The van der Waals surface area contributed by atoms with Gasteiger partial charge in [-0.15, -0.1) is 0 Å². The molecule has 0 spiro atoms. The van der Waals surface area contributed by atoms with Gasteiger partial charge in [-0.2, -0.15) is 0 Å². The van der Waals surface area contributed by atoms with Crippen LogP contribution in [0.3, 0.4) is 0 Å². The van der Waals surface area contributed by atoms with Crippen LogP contribution in [0.4, 0.5) is 0 Å². The maximum atomic E-state index is 12.3. The minimum atomic E-state index is -0.128. The predicted octanol–water partition coefficient (Wildman–Crippen LogP) is 0.829. The molecular formula is C17H26N3OS+. The number of piperazine rings is 1. The molecule has 22 heavy (non-hydrogen) atoms. The first-order valence-corrected chi connectivity index (χ1v) is 8.20. The highest BCUT2D eigenvalue weighted by molar-refractivity contribution is 7.80. The highest BCUT2D eigenvalue weighted by atomic mass is 32.1. The Morgan fingerprint density at radius 2 is 1.73 bits per heavy atom. The zero-order valence-electron chi connectivity index (χ0n) is 13.9. The lowest BCUT2D eigenvalue weighted by molar-refractivity contribution is -0.883. The largest absolute Gasteiger partial charge is 0.338 e. The number of amides is 1. The zero-order chi connectivity index (χ0) is 16.3. The Bertz CT molecular complexity index is 540. The van der Waals surface area contributed by atoms with Crippen LogP contribution in [0, 0.1) is 0 Å². The molecule has 1 aliphatic rings. The van der Waals surface area contributed by atoms with Crippen molar-refractivity contribution in [3.8, 4) is 0 Å². The number of nitrogens with one attached hydrogen (secondary N) is 2. The number of likely N-dealkylation sites (N-methyl/N-ethyl adjacent to an activating group) is 1. The van der Waals surface area contributed by atoms with Crippen LogP contribution < -0.4 is 10.2 Å². The Kier molecular flexibility index (Phi) is 5.19. The van der Waals surface area contributed by atoms with E-state index in [-0.39, 0.29) is 11.3 Å². The van der Waals surface area contributed by atoms with E-state index in [1.807, 2.05) is 24.3 Å². The van der Waals surface area contributed by atoms with Crippen molar-refractivity contribution in [3.63, 3.8) is 0 Å². The lowest BCUT2D eigenvalue weighted by Gasteiger charge is -2.31. The third-order valence-corrected chi connectivity index (χ3v) is 4.50. The number of quaternary nitrogens is 1. The SMILES string of the molecule is C[NH+]1CCN(C(=S)NC(=O)c2ccc(C(C)(C)C)cc2)CC1. The molecule has 120 valence electrons. The van der Waals surface area contributed by atoms with Gasteiger partial charge < -0.3 is 9.80 Å². The van der Waals surface area contributed by atoms with Crippen molar-refractivity contribution >= 4 is 23.2 Å². The van der Waals surface area contributed by atoms with Crippen LogP contribution in [0.5, 0.6) is 0 Å². The molecule has 0 unspecified atom stereocenters. The van der Waals surface area contributed by atoms with Crippen molar-refractivity contribution in [2.45, 2.75) is 26.2 Å². The molecule has 4 nitrogen and oxygen atoms in total. The van der Waals surface area contributed by atoms with Gasteiger partial charge in [-0.1, -0.05) is 32.9 Å². The van der Waals surface area contributed by atoms with E-state index in [9.17, 15) is 4.79 Å². The fourth-order valence-electron chi connectivity index (χ4n) is 2.46. The van der Waals surface area contributed by atoms with Gasteiger partial charge in [-0.05, 0) is 35.3 Å². The Labute approximate surface area is 138 Å². The number of carbonyl (C=O) groups is 1. The van der Waals surface area contributed by atoms with Crippen molar-refractivity contribution < 1.29 is 9.69 Å². The molecule has 1 saturated heterocycles.